The highest BCUT2D eigenvalue weighted by molar-refractivity contribution is 5.87. The number of hydrogen-bond acceptors (Lipinski definition) is 1. The molecule has 0 aliphatic carbocycles. The number of rotatable bonds is 9. The van der Waals surface area contributed by atoms with E-state index in [1.807, 2.05) is 0 Å². The van der Waals surface area contributed by atoms with E-state index in [0.29, 0.717) is 0 Å². The molecular weight excluding hydrogens is 445 g/mol. The lowest BCUT2D eigenvalue weighted by atomic mass is 9.89. The van der Waals surface area contributed by atoms with Crippen molar-refractivity contribution in [3.63, 3.8) is 0 Å². The molecule has 0 atom stereocenters. The summed E-state index contributed by atoms with van der Waals surface area (Å²) in [6, 6.07) is 0. The predicted molar refractivity (Wildman–Crippen MR) is 60.3 cm³/mol. The van der Waals surface area contributed by atoms with Crippen molar-refractivity contribution < 1.29 is 70.7 Å². The van der Waals surface area contributed by atoms with Gasteiger partial charge in [-0.2, -0.15) is 65.9 Å². The molecule has 0 saturated heterocycles. The van der Waals surface area contributed by atoms with Crippen LogP contribution < -0.4 is 0 Å². The topological polar surface area (TPSA) is 17.1 Å². The Morgan fingerprint density at radius 1 is 0.571 bits per heavy atom. The van der Waals surface area contributed by atoms with Crippen molar-refractivity contribution in [2.75, 3.05) is 0 Å². The average Bonchev–Trinajstić information content (AvgIpc) is 2.50. The average molecular weight is 454 g/mol. The van der Waals surface area contributed by atoms with Crippen LogP contribution in [-0.4, -0.2) is 47.5 Å². The summed E-state index contributed by atoms with van der Waals surface area (Å²) in [5, 5.41) is 0. The van der Waals surface area contributed by atoms with E-state index in [1.165, 1.54) is 6.92 Å². The van der Waals surface area contributed by atoms with Crippen LogP contribution in [0.2, 0.25) is 0 Å². The number of alkyl halides is 15. The lowest BCUT2D eigenvalue weighted by molar-refractivity contribution is -0.449. The lowest BCUT2D eigenvalue weighted by Crippen LogP contribution is -2.73. The Morgan fingerprint density at radius 2 is 0.893 bits per heavy atom. The Kier molecular flexibility index (Phi) is 6.79. The number of halogens is 15. The van der Waals surface area contributed by atoms with Crippen molar-refractivity contribution in [1.82, 2.24) is 0 Å². The van der Waals surface area contributed by atoms with Gasteiger partial charge in [-0.25, -0.2) is 0 Å². The highest BCUT2D eigenvalue weighted by Crippen LogP contribution is 2.62. The SMILES string of the molecule is CCCCC(=O)C(F)(F)C(F)(F)C(F)(F)C(F)(F)C(F)(F)C(F)(F)C(F)(F)F. The van der Waals surface area contributed by atoms with Gasteiger partial charge < -0.3 is 0 Å². The maximum atomic E-state index is 13.3. The molecule has 0 bridgehead atoms. The van der Waals surface area contributed by atoms with Crippen molar-refractivity contribution in [2.24, 2.45) is 0 Å². The number of carbonyl (C=O) groups excluding carboxylic acids is 1. The summed E-state index contributed by atoms with van der Waals surface area (Å²) in [5.41, 5.74) is 0. The zero-order valence-electron chi connectivity index (χ0n) is 13.2. The van der Waals surface area contributed by atoms with E-state index in [4.69, 9.17) is 0 Å². The second kappa shape index (κ2) is 7.15. The summed E-state index contributed by atoms with van der Waals surface area (Å²) >= 11 is 0. The van der Waals surface area contributed by atoms with E-state index in [0.717, 1.165) is 0 Å². The highest BCUT2D eigenvalue weighted by atomic mass is 19.4. The maximum Gasteiger partial charge on any atom is 0.460 e. The molecule has 0 rings (SSSR count). The van der Waals surface area contributed by atoms with Gasteiger partial charge in [0.15, 0.2) is 0 Å². The van der Waals surface area contributed by atoms with Crippen molar-refractivity contribution in [3.8, 4) is 0 Å². The van der Waals surface area contributed by atoms with Gasteiger partial charge in [0.2, 0.25) is 5.78 Å². The van der Waals surface area contributed by atoms with Gasteiger partial charge in [0.05, 0.1) is 0 Å². The van der Waals surface area contributed by atoms with E-state index in [-0.39, 0.29) is 6.42 Å². The van der Waals surface area contributed by atoms with Crippen LogP contribution in [0.15, 0.2) is 0 Å². The van der Waals surface area contributed by atoms with Gasteiger partial charge in [-0.05, 0) is 6.42 Å². The number of carbonyl (C=O) groups is 1. The first-order chi connectivity index (χ1) is 12.0. The summed E-state index contributed by atoms with van der Waals surface area (Å²) in [5.74, 6) is -50.6. The second-order valence-electron chi connectivity index (χ2n) is 5.47. The fourth-order valence-corrected chi connectivity index (χ4v) is 1.64. The summed E-state index contributed by atoms with van der Waals surface area (Å²) in [7, 11) is 0. The van der Waals surface area contributed by atoms with Crippen LogP contribution in [-0.2, 0) is 4.79 Å². The number of Topliss-reactive ketones (excluding diaryl/α,β-unsaturated/α-hetero) is 1. The molecule has 0 spiro atoms. The van der Waals surface area contributed by atoms with Gasteiger partial charge in [-0.15, -0.1) is 0 Å². The van der Waals surface area contributed by atoms with Crippen LogP contribution in [0.1, 0.15) is 26.2 Å². The smallest absolute Gasteiger partial charge is 0.293 e. The number of ketones is 1. The van der Waals surface area contributed by atoms with Gasteiger partial charge >= 0.3 is 41.7 Å². The Morgan fingerprint density at radius 3 is 1.21 bits per heavy atom. The van der Waals surface area contributed by atoms with Crippen LogP contribution >= 0.6 is 0 Å². The Balaban J connectivity index is 6.43. The number of hydrogen-bond donors (Lipinski definition) is 0. The van der Waals surface area contributed by atoms with E-state index in [2.05, 4.69) is 0 Å². The second-order valence-corrected chi connectivity index (χ2v) is 5.47. The Bertz CT molecular complexity index is 574. The quantitative estimate of drug-likeness (QED) is 0.384. The third kappa shape index (κ3) is 3.50. The minimum absolute atomic E-state index is 0.185. The molecule has 0 aromatic rings. The maximum absolute atomic E-state index is 13.3. The van der Waals surface area contributed by atoms with E-state index >= 15 is 0 Å². The molecule has 0 N–H and O–H groups in total. The normalized spacial score (nSPS) is 15.7. The minimum Gasteiger partial charge on any atom is -0.293 e. The molecule has 1 nitrogen and oxygen atoms in total. The van der Waals surface area contributed by atoms with Crippen molar-refractivity contribution in [1.29, 1.82) is 0 Å². The van der Waals surface area contributed by atoms with Crippen molar-refractivity contribution in [2.45, 2.75) is 67.9 Å². The molecule has 0 saturated carbocycles. The summed E-state index contributed by atoms with van der Waals surface area (Å²) < 4.78 is 193. The summed E-state index contributed by atoms with van der Waals surface area (Å²) in [6.45, 7) is 1.17. The summed E-state index contributed by atoms with van der Waals surface area (Å²) in [4.78, 5) is 10.9. The third-order valence-electron chi connectivity index (χ3n) is 3.44. The molecule has 0 aromatic carbocycles. The first-order valence-electron chi connectivity index (χ1n) is 6.85. The van der Waals surface area contributed by atoms with Crippen LogP contribution in [0.4, 0.5) is 65.9 Å². The monoisotopic (exact) mass is 454 g/mol. The van der Waals surface area contributed by atoms with E-state index < -0.39 is 60.3 Å². The van der Waals surface area contributed by atoms with Gasteiger partial charge in [0.25, 0.3) is 0 Å². The van der Waals surface area contributed by atoms with Crippen LogP contribution in [0.25, 0.3) is 0 Å². The fourth-order valence-electron chi connectivity index (χ4n) is 1.64. The fraction of sp³-hybridized carbons (Fsp3) is 0.917. The lowest BCUT2D eigenvalue weighted by Gasteiger charge is -2.41. The van der Waals surface area contributed by atoms with Gasteiger partial charge in [-0.1, -0.05) is 13.3 Å². The molecule has 0 unspecified atom stereocenters. The predicted octanol–water partition coefficient (Wildman–Crippen LogP) is 6.12. The van der Waals surface area contributed by atoms with Gasteiger partial charge in [0, 0.05) is 6.42 Å². The van der Waals surface area contributed by atoms with Crippen LogP contribution in [0, 0.1) is 0 Å². The molecule has 0 heterocycles. The molecule has 168 valence electrons. The molecule has 0 aliphatic heterocycles. The van der Waals surface area contributed by atoms with Gasteiger partial charge in [0.1, 0.15) is 0 Å². The zero-order valence-corrected chi connectivity index (χ0v) is 13.2. The number of unbranched alkanes of at least 4 members (excludes halogenated alkanes) is 1. The summed E-state index contributed by atoms with van der Waals surface area (Å²) in [6.07, 6.45) is -10.1. The zero-order chi connectivity index (χ0) is 23.2. The molecular formula is C12H9F15O. The molecule has 16 heteroatoms. The molecule has 0 aromatic heterocycles. The Hall–Kier alpha value is -1.38. The minimum atomic E-state index is -8.36. The molecule has 0 fully saturated rings. The molecule has 28 heavy (non-hydrogen) atoms. The van der Waals surface area contributed by atoms with Crippen molar-refractivity contribution in [3.05, 3.63) is 0 Å². The Labute approximate surface area is 145 Å². The van der Waals surface area contributed by atoms with E-state index in [9.17, 15) is 70.7 Å². The molecule has 0 amide bonds. The first kappa shape index (κ1) is 26.6. The highest BCUT2D eigenvalue weighted by Gasteiger charge is 2.93. The molecule has 0 aliphatic rings. The molecule has 0 radical (unpaired) electrons. The van der Waals surface area contributed by atoms with E-state index in [1.54, 1.807) is 0 Å². The van der Waals surface area contributed by atoms with Crippen molar-refractivity contribution >= 4 is 5.78 Å². The standard InChI is InChI=1S/C12H9F15O/c1-2-3-4-5(28)6(13,14)7(15,16)8(17,18)9(19,20)10(21,22)11(23,24)12(25,26)27/h2-4H2,1H3. The largest absolute Gasteiger partial charge is 0.460 e. The third-order valence-corrected chi connectivity index (χ3v) is 3.44. The van der Waals surface area contributed by atoms with Gasteiger partial charge in [-0.3, -0.25) is 4.79 Å². The first-order valence-corrected chi connectivity index (χ1v) is 6.85. The van der Waals surface area contributed by atoms with Crippen LogP contribution in [0.3, 0.4) is 0 Å². The van der Waals surface area contributed by atoms with Crippen LogP contribution in [0.5, 0.6) is 0 Å².